The minimum atomic E-state index is 0.00399. The lowest BCUT2D eigenvalue weighted by Crippen LogP contribution is -2.39. The largest absolute Gasteiger partial charge is 0.372 e. The van der Waals surface area contributed by atoms with E-state index in [4.69, 9.17) is 9.47 Å². The van der Waals surface area contributed by atoms with Crippen molar-refractivity contribution in [2.75, 3.05) is 26.8 Å². The quantitative estimate of drug-likeness (QED) is 0.810. The van der Waals surface area contributed by atoms with Gasteiger partial charge in [-0.2, -0.15) is 0 Å². The summed E-state index contributed by atoms with van der Waals surface area (Å²) in [4.78, 5) is 13.5. The predicted molar refractivity (Wildman–Crippen MR) is 72.9 cm³/mol. The Balaban J connectivity index is 1.86. The van der Waals surface area contributed by atoms with Crippen LogP contribution in [0.2, 0.25) is 0 Å². The highest BCUT2D eigenvalue weighted by Crippen LogP contribution is 2.20. The van der Waals surface area contributed by atoms with Gasteiger partial charge >= 0.3 is 0 Å². The first-order valence-corrected chi connectivity index (χ1v) is 6.70. The van der Waals surface area contributed by atoms with E-state index in [9.17, 15) is 4.79 Å². The SMILES string of the molecule is CCOCC(=O)N(C)CC1Cc2ccccc2CO1. The molecule has 19 heavy (non-hydrogen) atoms. The van der Waals surface area contributed by atoms with Gasteiger partial charge in [0.1, 0.15) is 6.61 Å². The molecule has 1 aliphatic rings. The van der Waals surface area contributed by atoms with E-state index in [0.29, 0.717) is 19.8 Å². The molecule has 0 fully saturated rings. The maximum atomic E-state index is 11.8. The van der Waals surface area contributed by atoms with Crippen LogP contribution in [-0.4, -0.2) is 43.7 Å². The zero-order valence-corrected chi connectivity index (χ0v) is 11.6. The third kappa shape index (κ3) is 3.78. The van der Waals surface area contributed by atoms with E-state index in [1.165, 1.54) is 11.1 Å². The zero-order chi connectivity index (χ0) is 13.7. The fraction of sp³-hybridized carbons (Fsp3) is 0.533. The van der Waals surface area contributed by atoms with E-state index in [1.807, 2.05) is 19.1 Å². The van der Waals surface area contributed by atoms with Crippen molar-refractivity contribution >= 4 is 5.91 Å². The Hall–Kier alpha value is -1.39. The van der Waals surface area contributed by atoms with Gasteiger partial charge in [0, 0.05) is 26.6 Å². The molecule has 4 nitrogen and oxygen atoms in total. The van der Waals surface area contributed by atoms with Gasteiger partial charge in [-0.3, -0.25) is 4.79 Å². The first-order valence-electron chi connectivity index (χ1n) is 6.70. The van der Waals surface area contributed by atoms with Gasteiger partial charge in [0.2, 0.25) is 5.91 Å². The summed E-state index contributed by atoms with van der Waals surface area (Å²) in [5.41, 5.74) is 2.58. The molecule has 2 rings (SSSR count). The summed E-state index contributed by atoms with van der Waals surface area (Å²) in [7, 11) is 1.80. The highest BCUT2D eigenvalue weighted by atomic mass is 16.5. The number of ether oxygens (including phenoxy) is 2. The van der Waals surface area contributed by atoms with Crippen LogP contribution in [0.5, 0.6) is 0 Å². The number of nitrogens with zero attached hydrogens (tertiary/aromatic N) is 1. The third-order valence-electron chi connectivity index (χ3n) is 3.37. The second-order valence-electron chi connectivity index (χ2n) is 4.82. The first kappa shape index (κ1) is 14.0. The van der Waals surface area contributed by atoms with Crippen LogP contribution in [0.1, 0.15) is 18.1 Å². The Labute approximate surface area is 114 Å². The summed E-state index contributed by atoms with van der Waals surface area (Å²) in [6.07, 6.45) is 0.938. The normalized spacial score (nSPS) is 17.9. The van der Waals surface area contributed by atoms with Crippen LogP contribution in [0.4, 0.5) is 0 Å². The van der Waals surface area contributed by atoms with Crippen molar-refractivity contribution in [2.45, 2.75) is 26.1 Å². The number of fused-ring (bicyclic) bond motifs is 1. The van der Waals surface area contributed by atoms with Crippen molar-refractivity contribution in [3.05, 3.63) is 35.4 Å². The van der Waals surface area contributed by atoms with Crippen molar-refractivity contribution < 1.29 is 14.3 Å². The summed E-state index contributed by atoms with van der Waals surface area (Å²) < 4.78 is 10.9. The average molecular weight is 263 g/mol. The Morgan fingerprint density at radius 1 is 1.42 bits per heavy atom. The summed E-state index contributed by atoms with van der Waals surface area (Å²) in [6.45, 7) is 3.84. The maximum absolute atomic E-state index is 11.8. The molecule has 0 aromatic heterocycles. The molecule has 1 heterocycles. The van der Waals surface area contributed by atoms with Crippen molar-refractivity contribution in [1.29, 1.82) is 0 Å². The molecular weight excluding hydrogens is 242 g/mol. The highest BCUT2D eigenvalue weighted by molar-refractivity contribution is 5.77. The zero-order valence-electron chi connectivity index (χ0n) is 11.6. The van der Waals surface area contributed by atoms with Gasteiger partial charge in [0.15, 0.2) is 0 Å². The average Bonchev–Trinajstić information content (AvgIpc) is 2.44. The molecule has 1 aromatic carbocycles. The fourth-order valence-corrected chi connectivity index (χ4v) is 2.23. The third-order valence-corrected chi connectivity index (χ3v) is 3.37. The smallest absolute Gasteiger partial charge is 0.248 e. The Kier molecular flexibility index (Phi) is 4.93. The number of likely N-dealkylation sites (N-methyl/N-ethyl adjacent to an activating group) is 1. The first-order chi connectivity index (χ1) is 9.20. The summed E-state index contributed by atoms with van der Waals surface area (Å²) in [5, 5.41) is 0. The predicted octanol–water partition coefficient (Wildman–Crippen LogP) is 1.62. The number of benzene rings is 1. The van der Waals surface area contributed by atoms with Gasteiger partial charge < -0.3 is 14.4 Å². The van der Waals surface area contributed by atoms with Gasteiger partial charge in [-0.25, -0.2) is 0 Å². The van der Waals surface area contributed by atoms with Crippen LogP contribution in [0.25, 0.3) is 0 Å². The molecule has 1 aliphatic heterocycles. The molecule has 1 amide bonds. The van der Waals surface area contributed by atoms with E-state index in [1.54, 1.807) is 11.9 Å². The highest BCUT2D eigenvalue weighted by Gasteiger charge is 2.21. The Morgan fingerprint density at radius 3 is 2.89 bits per heavy atom. The summed E-state index contributed by atoms with van der Waals surface area (Å²) in [6, 6.07) is 8.30. The van der Waals surface area contributed by atoms with Gasteiger partial charge in [-0.05, 0) is 18.1 Å². The van der Waals surface area contributed by atoms with Crippen molar-refractivity contribution in [2.24, 2.45) is 0 Å². The minimum absolute atomic E-state index is 0.00399. The van der Waals surface area contributed by atoms with E-state index < -0.39 is 0 Å². The molecule has 4 heteroatoms. The van der Waals surface area contributed by atoms with E-state index >= 15 is 0 Å². The second kappa shape index (κ2) is 6.68. The van der Waals surface area contributed by atoms with Gasteiger partial charge in [0.25, 0.3) is 0 Å². The molecule has 1 unspecified atom stereocenters. The lowest BCUT2D eigenvalue weighted by atomic mass is 9.99. The number of hydrogen-bond acceptors (Lipinski definition) is 3. The molecule has 0 saturated carbocycles. The van der Waals surface area contributed by atoms with Crippen LogP contribution in [0.3, 0.4) is 0 Å². The van der Waals surface area contributed by atoms with Gasteiger partial charge in [-0.15, -0.1) is 0 Å². The minimum Gasteiger partial charge on any atom is -0.372 e. The van der Waals surface area contributed by atoms with Crippen molar-refractivity contribution in [3.8, 4) is 0 Å². The number of rotatable bonds is 5. The van der Waals surface area contributed by atoms with Gasteiger partial charge in [0.05, 0.1) is 12.7 Å². The second-order valence-corrected chi connectivity index (χ2v) is 4.82. The van der Waals surface area contributed by atoms with Crippen LogP contribution in [-0.2, 0) is 27.3 Å². The lowest BCUT2D eigenvalue weighted by Gasteiger charge is -2.29. The number of carbonyl (C=O) groups is 1. The molecular formula is C15H21NO3. The number of carbonyl (C=O) groups excluding carboxylic acids is 1. The van der Waals surface area contributed by atoms with Crippen molar-refractivity contribution in [3.63, 3.8) is 0 Å². The standard InChI is InChI=1S/C15H21NO3/c1-3-18-11-15(17)16(2)9-14-8-12-6-4-5-7-13(12)10-19-14/h4-7,14H,3,8-11H2,1-2H3. The molecule has 0 bridgehead atoms. The Morgan fingerprint density at radius 2 is 2.16 bits per heavy atom. The number of hydrogen-bond donors (Lipinski definition) is 0. The Bertz CT molecular complexity index is 433. The van der Waals surface area contributed by atoms with Crippen LogP contribution >= 0.6 is 0 Å². The van der Waals surface area contributed by atoms with Crippen LogP contribution < -0.4 is 0 Å². The topological polar surface area (TPSA) is 38.8 Å². The van der Waals surface area contributed by atoms with E-state index in [2.05, 4.69) is 12.1 Å². The monoisotopic (exact) mass is 263 g/mol. The fourth-order valence-electron chi connectivity index (χ4n) is 2.23. The maximum Gasteiger partial charge on any atom is 0.248 e. The van der Waals surface area contributed by atoms with Crippen LogP contribution in [0.15, 0.2) is 24.3 Å². The molecule has 0 saturated heterocycles. The van der Waals surface area contributed by atoms with Gasteiger partial charge in [-0.1, -0.05) is 24.3 Å². The molecule has 0 spiro atoms. The van der Waals surface area contributed by atoms with E-state index in [0.717, 1.165) is 6.42 Å². The number of amides is 1. The summed E-state index contributed by atoms with van der Waals surface area (Å²) in [5.74, 6) is 0.00399. The molecule has 104 valence electrons. The molecule has 1 aromatic rings. The molecule has 0 aliphatic carbocycles. The molecule has 0 radical (unpaired) electrons. The molecule has 1 atom stereocenters. The van der Waals surface area contributed by atoms with Crippen molar-refractivity contribution in [1.82, 2.24) is 4.90 Å². The molecule has 0 N–H and O–H groups in total. The lowest BCUT2D eigenvalue weighted by molar-refractivity contribution is -0.136. The van der Waals surface area contributed by atoms with Crippen LogP contribution in [0, 0.1) is 0 Å². The van der Waals surface area contributed by atoms with E-state index in [-0.39, 0.29) is 18.6 Å². The summed E-state index contributed by atoms with van der Waals surface area (Å²) >= 11 is 0.